The maximum Gasteiger partial charge on any atom is 0.289 e. The standard InChI is InChI=1S/C22H24N2O2.ClH/c1-14-7-6-10-18-15(2)21(26-20(14)18)22(25)24-12-17(11-23)19(13-24)16-8-4-3-5-9-16;/h3-10,17,19H,11-13,23H2,1-2H3;1H/t17-,19+;/m1./s1. The van der Waals surface area contributed by atoms with Crippen LogP contribution in [0.2, 0.25) is 0 Å². The van der Waals surface area contributed by atoms with Gasteiger partial charge in [0.25, 0.3) is 5.91 Å². The zero-order valence-corrected chi connectivity index (χ0v) is 16.5. The Hall–Kier alpha value is -2.30. The van der Waals surface area contributed by atoms with Crippen molar-refractivity contribution in [1.82, 2.24) is 4.90 Å². The van der Waals surface area contributed by atoms with E-state index in [1.54, 1.807) is 0 Å². The van der Waals surface area contributed by atoms with Gasteiger partial charge in [-0.25, -0.2) is 0 Å². The third-order valence-electron chi connectivity index (χ3n) is 5.61. The van der Waals surface area contributed by atoms with E-state index in [9.17, 15) is 4.79 Å². The van der Waals surface area contributed by atoms with Crippen molar-refractivity contribution < 1.29 is 9.21 Å². The second-order valence-electron chi connectivity index (χ2n) is 7.23. The molecule has 2 heterocycles. The Morgan fingerprint density at radius 2 is 1.85 bits per heavy atom. The van der Waals surface area contributed by atoms with E-state index < -0.39 is 0 Å². The van der Waals surface area contributed by atoms with Crippen LogP contribution in [0, 0.1) is 19.8 Å². The number of carbonyl (C=O) groups excluding carboxylic acids is 1. The Morgan fingerprint density at radius 3 is 2.52 bits per heavy atom. The third kappa shape index (κ3) is 3.35. The fraction of sp³-hybridized carbons (Fsp3) is 0.318. The zero-order valence-electron chi connectivity index (χ0n) is 15.6. The summed E-state index contributed by atoms with van der Waals surface area (Å²) in [6.45, 7) is 5.89. The highest BCUT2D eigenvalue weighted by molar-refractivity contribution is 5.99. The molecule has 0 bridgehead atoms. The van der Waals surface area contributed by atoms with Crippen molar-refractivity contribution in [3.05, 3.63) is 71.0 Å². The first-order valence-corrected chi connectivity index (χ1v) is 9.13. The SMILES string of the molecule is Cc1c(C(=O)N2C[C@@H](CN)[C@H](c3ccccc3)C2)oc2c(C)cccc12.Cl. The molecule has 2 N–H and O–H groups in total. The topological polar surface area (TPSA) is 59.5 Å². The van der Waals surface area contributed by atoms with Gasteiger partial charge in [0, 0.05) is 30.0 Å². The van der Waals surface area contributed by atoms with Crippen molar-refractivity contribution >= 4 is 29.3 Å². The number of benzene rings is 2. The van der Waals surface area contributed by atoms with Crippen molar-refractivity contribution in [3.8, 4) is 0 Å². The smallest absolute Gasteiger partial charge is 0.289 e. The molecule has 3 aromatic rings. The number of amides is 1. The molecule has 4 nitrogen and oxygen atoms in total. The van der Waals surface area contributed by atoms with Gasteiger partial charge >= 0.3 is 0 Å². The van der Waals surface area contributed by atoms with E-state index in [2.05, 4.69) is 12.1 Å². The van der Waals surface area contributed by atoms with E-state index in [1.807, 2.05) is 55.1 Å². The molecule has 1 amide bonds. The number of fused-ring (bicyclic) bond motifs is 1. The van der Waals surface area contributed by atoms with E-state index in [-0.39, 0.29) is 30.2 Å². The number of hydrogen-bond acceptors (Lipinski definition) is 3. The molecule has 142 valence electrons. The minimum absolute atomic E-state index is 0. The average Bonchev–Trinajstić information content (AvgIpc) is 3.25. The highest BCUT2D eigenvalue weighted by Gasteiger charge is 2.37. The van der Waals surface area contributed by atoms with Gasteiger partial charge in [0.2, 0.25) is 0 Å². The molecule has 5 heteroatoms. The molecule has 0 saturated carbocycles. The minimum Gasteiger partial charge on any atom is -0.450 e. The Bertz CT molecular complexity index is 952. The number of furan rings is 1. The van der Waals surface area contributed by atoms with Crippen LogP contribution >= 0.6 is 12.4 Å². The maximum absolute atomic E-state index is 13.2. The lowest BCUT2D eigenvalue weighted by atomic mass is 9.89. The monoisotopic (exact) mass is 384 g/mol. The van der Waals surface area contributed by atoms with Gasteiger partial charge in [0.15, 0.2) is 5.76 Å². The predicted octanol–water partition coefficient (Wildman–Crippen LogP) is 4.29. The summed E-state index contributed by atoms with van der Waals surface area (Å²) in [6, 6.07) is 16.4. The first-order chi connectivity index (χ1) is 12.6. The molecule has 0 unspecified atom stereocenters. The number of para-hydroxylation sites is 1. The van der Waals surface area contributed by atoms with Crippen molar-refractivity contribution in [2.45, 2.75) is 19.8 Å². The molecule has 0 spiro atoms. The first-order valence-electron chi connectivity index (χ1n) is 9.13. The second-order valence-corrected chi connectivity index (χ2v) is 7.23. The van der Waals surface area contributed by atoms with Gasteiger partial charge in [-0.15, -0.1) is 12.4 Å². The average molecular weight is 385 g/mol. The normalized spacial score (nSPS) is 19.3. The van der Waals surface area contributed by atoms with Gasteiger partial charge in [-0.05, 0) is 37.4 Å². The Kier molecular flexibility index (Phi) is 5.59. The van der Waals surface area contributed by atoms with Crippen molar-refractivity contribution in [1.29, 1.82) is 0 Å². The van der Waals surface area contributed by atoms with Crippen LogP contribution in [0.15, 0.2) is 52.9 Å². The second kappa shape index (κ2) is 7.75. The number of rotatable bonds is 3. The summed E-state index contributed by atoms with van der Waals surface area (Å²) in [5, 5.41) is 1.02. The molecule has 0 aliphatic carbocycles. The van der Waals surface area contributed by atoms with Crippen LogP contribution in [0.5, 0.6) is 0 Å². The van der Waals surface area contributed by atoms with Crippen LogP contribution < -0.4 is 5.73 Å². The summed E-state index contributed by atoms with van der Waals surface area (Å²) < 4.78 is 5.99. The van der Waals surface area contributed by atoms with Crippen LogP contribution in [0.3, 0.4) is 0 Å². The van der Waals surface area contributed by atoms with Crippen LogP contribution in [-0.2, 0) is 0 Å². The molecule has 2 atom stereocenters. The summed E-state index contributed by atoms with van der Waals surface area (Å²) in [7, 11) is 0. The molecule has 4 rings (SSSR count). The lowest BCUT2D eigenvalue weighted by molar-refractivity contribution is 0.0756. The Balaban J connectivity index is 0.00000210. The van der Waals surface area contributed by atoms with Crippen molar-refractivity contribution in [2.24, 2.45) is 11.7 Å². The van der Waals surface area contributed by atoms with Gasteiger partial charge < -0.3 is 15.1 Å². The molecule has 1 fully saturated rings. The van der Waals surface area contributed by atoms with E-state index in [1.165, 1.54) is 5.56 Å². The lowest BCUT2D eigenvalue weighted by Gasteiger charge is -2.16. The lowest BCUT2D eigenvalue weighted by Crippen LogP contribution is -2.30. The number of hydrogen-bond donors (Lipinski definition) is 1. The van der Waals surface area contributed by atoms with Gasteiger partial charge in [-0.1, -0.05) is 48.5 Å². The fourth-order valence-electron chi connectivity index (χ4n) is 4.09. The third-order valence-corrected chi connectivity index (χ3v) is 5.61. The van der Waals surface area contributed by atoms with Crippen molar-refractivity contribution in [2.75, 3.05) is 19.6 Å². The first kappa shape index (κ1) is 19.5. The van der Waals surface area contributed by atoms with Crippen LogP contribution in [0.4, 0.5) is 0 Å². The minimum atomic E-state index is -0.0324. The summed E-state index contributed by atoms with van der Waals surface area (Å²) in [4.78, 5) is 15.1. The highest BCUT2D eigenvalue weighted by atomic mass is 35.5. The summed E-state index contributed by atoms with van der Waals surface area (Å²) >= 11 is 0. The van der Waals surface area contributed by atoms with E-state index in [0.717, 1.165) is 22.1 Å². The number of likely N-dealkylation sites (tertiary alicyclic amines) is 1. The van der Waals surface area contributed by atoms with Gasteiger partial charge in [-0.3, -0.25) is 4.79 Å². The van der Waals surface area contributed by atoms with Crippen molar-refractivity contribution in [3.63, 3.8) is 0 Å². The van der Waals surface area contributed by atoms with Gasteiger partial charge in [0.1, 0.15) is 5.58 Å². The maximum atomic E-state index is 13.2. The molecule has 2 aromatic carbocycles. The molecule has 1 aromatic heterocycles. The fourth-order valence-corrected chi connectivity index (χ4v) is 4.09. The highest BCUT2D eigenvalue weighted by Crippen LogP contribution is 2.35. The summed E-state index contributed by atoms with van der Waals surface area (Å²) in [5.74, 6) is 0.970. The predicted molar refractivity (Wildman–Crippen MR) is 111 cm³/mol. The van der Waals surface area contributed by atoms with Crippen LogP contribution in [0.1, 0.15) is 33.2 Å². The quantitative estimate of drug-likeness (QED) is 0.732. The summed E-state index contributed by atoms with van der Waals surface area (Å²) in [5.41, 5.74) is 10.0. The molecular weight excluding hydrogens is 360 g/mol. The number of aryl methyl sites for hydroxylation is 2. The number of nitrogens with two attached hydrogens (primary N) is 1. The molecule has 0 radical (unpaired) electrons. The van der Waals surface area contributed by atoms with Gasteiger partial charge in [0.05, 0.1) is 0 Å². The molecule has 1 aliphatic rings. The van der Waals surface area contributed by atoms with Crippen LogP contribution in [0.25, 0.3) is 11.0 Å². The zero-order chi connectivity index (χ0) is 18.3. The van der Waals surface area contributed by atoms with E-state index in [4.69, 9.17) is 10.2 Å². The van der Waals surface area contributed by atoms with Gasteiger partial charge in [-0.2, -0.15) is 0 Å². The molecule has 27 heavy (non-hydrogen) atoms. The molecule has 1 aliphatic heterocycles. The Labute approximate surface area is 165 Å². The van der Waals surface area contributed by atoms with E-state index >= 15 is 0 Å². The number of halogens is 1. The van der Waals surface area contributed by atoms with Crippen LogP contribution in [-0.4, -0.2) is 30.4 Å². The molecular formula is C22H25ClN2O2. The van der Waals surface area contributed by atoms with E-state index in [0.29, 0.717) is 25.4 Å². The largest absolute Gasteiger partial charge is 0.450 e. The molecule has 1 saturated heterocycles. The number of nitrogens with zero attached hydrogens (tertiary/aromatic N) is 1. The number of carbonyl (C=O) groups is 1. The summed E-state index contributed by atoms with van der Waals surface area (Å²) in [6.07, 6.45) is 0. The Morgan fingerprint density at radius 1 is 1.11 bits per heavy atom.